The SMILES string of the molecule is Cc1ccc(-n2c3ccccc3c3c2ccc2c4ccccc4n(-c4ccc(C#N)c(N5C(=O)c6ccccc6C5=O)c4)c23)cc1. The number of anilines is 1. The van der Waals surface area contributed by atoms with Gasteiger partial charge in [0.05, 0.1) is 44.4 Å². The second-order valence-corrected chi connectivity index (χ2v) is 11.7. The van der Waals surface area contributed by atoms with E-state index in [1.165, 1.54) is 5.56 Å². The lowest BCUT2D eigenvalue weighted by atomic mass is 10.1. The van der Waals surface area contributed by atoms with Crippen LogP contribution in [0.4, 0.5) is 5.69 Å². The Morgan fingerprint density at radius 2 is 1.17 bits per heavy atom. The number of hydrogen-bond acceptors (Lipinski definition) is 3. The Hall–Kier alpha value is -6.45. The number of hydrogen-bond donors (Lipinski definition) is 0. The molecular weight excluding hydrogens is 568 g/mol. The molecule has 3 heterocycles. The standard InChI is InChI=1S/C40H24N4O2/c1-24-14-17-26(18-15-24)42-34-13-7-5-11-32(34)37-35(42)21-20-29-28-8-4-6-12-33(28)43(38(29)37)27-19-16-25(23-41)36(22-27)44-39(45)30-9-2-3-10-31(30)40(44)46/h2-22H,1H3. The highest BCUT2D eigenvalue weighted by Crippen LogP contribution is 2.43. The summed E-state index contributed by atoms with van der Waals surface area (Å²) in [5, 5.41) is 14.5. The van der Waals surface area contributed by atoms with Gasteiger partial charge in [0.15, 0.2) is 0 Å². The highest BCUT2D eigenvalue weighted by atomic mass is 16.2. The van der Waals surface area contributed by atoms with Crippen LogP contribution >= 0.6 is 0 Å². The highest BCUT2D eigenvalue weighted by molar-refractivity contribution is 6.35. The maximum absolute atomic E-state index is 13.6. The molecule has 2 aromatic heterocycles. The van der Waals surface area contributed by atoms with E-state index in [-0.39, 0.29) is 11.3 Å². The molecule has 0 fully saturated rings. The van der Waals surface area contributed by atoms with Crippen molar-refractivity contribution in [1.82, 2.24) is 9.13 Å². The largest absolute Gasteiger partial charge is 0.309 e. The number of benzene rings is 6. The lowest BCUT2D eigenvalue weighted by Gasteiger charge is -2.18. The molecule has 6 aromatic carbocycles. The number of fused-ring (bicyclic) bond motifs is 8. The maximum atomic E-state index is 13.6. The Morgan fingerprint density at radius 3 is 1.87 bits per heavy atom. The van der Waals surface area contributed by atoms with E-state index in [0.717, 1.165) is 59.9 Å². The van der Waals surface area contributed by atoms with Gasteiger partial charge >= 0.3 is 0 Å². The summed E-state index contributed by atoms with van der Waals surface area (Å²) >= 11 is 0. The molecule has 6 nitrogen and oxygen atoms in total. The lowest BCUT2D eigenvalue weighted by Crippen LogP contribution is -2.30. The van der Waals surface area contributed by atoms with Crippen LogP contribution in [-0.2, 0) is 0 Å². The number of carbonyl (C=O) groups excluding carboxylic acids is 2. The van der Waals surface area contributed by atoms with E-state index in [9.17, 15) is 14.9 Å². The molecular formula is C40H24N4O2. The van der Waals surface area contributed by atoms with E-state index in [4.69, 9.17) is 0 Å². The summed E-state index contributed by atoms with van der Waals surface area (Å²) in [6, 6.07) is 44.0. The van der Waals surface area contributed by atoms with Gasteiger partial charge in [-0.1, -0.05) is 72.3 Å². The predicted molar refractivity (Wildman–Crippen MR) is 182 cm³/mol. The molecule has 1 aliphatic rings. The Kier molecular flexibility index (Phi) is 5.38. The van der Waals surface area contributed by atoms with Gasteiger partial charge in [0.1, 0.15) is 6.07 Å². The third-order valence-corrected chi connectivity index (χ3v) is 9.16. The van der Waals surface area contributed by atoms with E-state index in [1.54, 1.807) is 36.4 Å². The van der Waals surface area contributed by atoms with E-state index in [2.05, 4.69) is 94.9 Å². The zero-order valence-electron chi connectivity index (χ0n) is 24.7. The first-order chi connectivity index (χ1) is 22.5. The molecule has 0 bridgehead atoms. The van der Waals surface area contributed by atoms with Crippen LogP contribution in [0.1, 0.15) is 31.8 Å². The summed E-state index contributed by atoms with van der Waals surface area (Å²) < 4.78 is 4.50. The summed E-state index contributed by atoms with van der Waals surface area (Å²) in [6.07, 6.45) is 0. The molecule has 0 unspecified atom stereocenters. The van der Waals surface area contributed by atoms with Crippen molar-refractivity contribution in [3.05, 3.63) is 150 Å². The van der Waals surface area contributed by atoms with Crippen LogP contribution in [0.5, 0.6) is 0 Å². The number of para-hydroxylation sites is 2. The number of nitriles is 1. The molecule has 0 spiro atoms. The van der Waals surface area contributed by atoms with Crippen molar-refractivity contribution in [2.24, 2.45) is 0 Å². The minimum absolute atomic E-state index is 0.250. The lowest BCUT2D eigenvalue weighted by molar-refractivity contribution is 0.0926. The first-order valence-electron chi connectivity index (χ1n) is 15.1. The average molecular weight is 593 g/mol. The molecule has 0 N–H and O–H groups in total. The smallest absolute Gasteiger partial charge is 0.266 e. The molecule has 46 heavy (non-hydrogen) atoms. The summed E-state index contributed by atoms with van der Waals surface area (Å²) in [6.45, 7) is 2.09. The minimum Gasteiger partial charge on any atom is -0.309 e. The van der Waals surface area contributed by atoms with Crippen molar-refractivity contribution in [1.29, 1.82) is 5.26 Å². The fourth-order valence-electron chi connectivity index (χ4n) is 7.10. The van der Waals surface area contributed by atoms with Gasteiger partial charge in [0, 0.05) is 32.9 Å². The van der Waals surface area contributed by atoms with Crippen LogP contribution in [0.25, 0.3) is 55.0 Å². The minimum atomic E-state index is -0.431. The van der Waals surface area contributed by atoms with Crippen molar-refractivity contribution in [3.63, 3.8) is 0 Å². The molecule has 8 aromatic rings. The van der Waals surface area contributed by atoms with Crippen LogP contribution in [-0.4, -0.2) is 20.9 Å². The van der Waals surface area contributed by atoms with Crippen molar-refractivity contribution >= 4 is 61.1 Å². The van der Waals surface area contributed by atoms with E-state index in [1.807, 2.05) is 18.2 Å². The summed E-state index contributed by atoms with van der Waals surface area (Å²) in [5.41, 5.74) is 8.37. The van der Waals surface area contributed by atoms with Crippen molar-refractivity contribution in [2.75, 3.05) is 4.90 Å². The Balaban J connectivity index is 1.38. The fourth-order valence-corrected chi connectivity index (χ4v) is 7.10. The van der Waals surface area contributed by atoms with Gasteiger partial charge in [-0.15, -0.1) is 0 Å². The average Bonchev–Trinajstić information content (AvgIpc) is 3.70. The zero-order valence-corrected chi connectivity index (χ0v) is 24.7. The highest BCUT2D eigenvalue weighted by Gasteiger charge is 2.37. The number of aromatic nitrogens is 2. The number of nitrogens with zero attached hydrogens (tertiary/aromatic N) is 4. The first-order valence-corrected chi connectivity index (χ1v) is 15.1. The summed E-state index contributed by atoms with van der Waals surface area (Å²) in [4.78, 5) is 28.3. The second kappa shape index (κ2) is 9.52. The Labute approximate surface area is 263 Å². The van der Waals surface area contributed by atoms with Gasteiger partial charge in [0.25, 0.3) is 11.8 Å². The van der Waals surface area contributed by atoms with Gasteiger partial charge < -0.3 is 9.13 Å². The molecule has 2 amide bonds. The van der Waals surface area contributed by atoms with Crippen LogP contribution in [0, 0.1) is 18.3 Å². The van der Waals surface area contributed by atoms with E-state index < -0.39 is 11.8 Å². The van der Waals surface area contributed by atoms with E-state index in [0.29, 0.717) is 11.1 Å². The second-order valence-electron chi connectivity index (χ2n) is 11.7. The van der Waals surface area contributed by atoms with Crippen molar-refractivity contribution in [2.45, 2.75) is 6.92 Å². The zero-order chi connectivity index (χ0) is 31.1. The Bertz CT molecular complexity index is 2620. The molecule has 0 aliphatic carbocycles. The van der Waals surface area contributed by atoms with Crippen molar-refractivity contribution in [3.8, 4) is 17.4 Å². The maximum Gasteiger partial charge on any atom is 0.266 e. The van der Waals surface area contributed by atoms with Gasteiger partial charge in [-0.25, -0.2) is 4.90 Å². The number of amides is 2. The summed E-state index contributed by atoms with van der Waals surface area (Å²) in [7, 11) is 0. The fraction of sp³-hybridized carbons (Fsp3) is 0.0250. The Morgan fingerprint density at radius 1 is 0.565 bits per heavy atom. The summed E-state index contributed by atoms with van der Waals surface area (Å²) in [5.74, 6) is -0.861. The molecule has 0 radical (unpaired) electrons. The van der Waals surface area contributed by atoms with Crippen molar-refractivity contribution < 1.29 is 9.59 Å². The number of carbonyl (C=O) groups is 2. The van der Waals surface area contributed by atoms with Crippen LogP contribution < -0.4 is 4.90 Å². The monoisotopic (exact) mass is 592 g/mol. The van der Waals surface area contributed by atoms with Gasteiger partial charge in [0.2, 0.25) is 0 Å². The third-order valence-electron chi connectivity index (χ3n) is 9.16. The van der Waals surface area contributed by atoms with Gasteiger partial charge in [-0.2, -0.15) is 5.26 Å². The van der Waals surface area contributed by atoms with Crippen LogP contribution in [0.2, 0.25) is 0 Å². The molecule has 216 valence electrons. The van der Waals surface area contributed by atoms with Gasteiger partial charge in [-0.3, -0.25) is 9.59 Å². The van der Waals surface area contributed by atoms with Crippen LogP contribution in [0.3, 0.4) is 0 Å². The molecule has 0 saturated heterocycles. The molecule has 9 rings (SSSR count). The molecule has 0 atom stereocenters. The molecule has 6 heteroatoms. The topological polar surface area (TPSA) is 71.0 Å². The normalized spacial score (nSPS) is 12.9. The number of rotatable bonds is 3. The first kappa shape index (κ1) is 26.0. The number of aryl methyl sites for hydroxylation is 1. The predicted octanol–water partition coefficient (Wildman–Crippen LogP) is 8.86. The van der Waals surface area contributed by atoms with Gasteiger partial charge in [-0.05, 0) is 67.6 Å². The quantitative estimate of drug-likeness (QED) is 0.192. The van der Waals surface area contributed by atoms with E-state index >= 15 is 0 Å². The van der Waals surface area contributed by atoms with Crippen LogP contribution in [0.15, 0.2) is 127 Å². The molecule has 1 aliphatic heterocycles. The molecule has 0 saturated carbocycles. The third kappa shape index (κ3) is 3.45. The number of imide groups is 1.